The summed E-state index contributed by atoms with van der Waals surface area (Å²) in [5.74, 6) is 0.899. The van der Waals surface area contributed by atoms with E-state index in [1.807, 2.05) is 6.92 Å². The van der Waals surface area contributed by atoms with Crippen LogP contribution in [0.15, 0.2) is 36.7 Å². The molecular formula is C20H22N4. The highest BCUT2D eigenvalue weighted by atomic mass is 15.2. The van der Waals surface area contributed by atoms with Gasteiger partial charge in [0.2, 0.25) is 0 Å². The lowest BCUT2D eigenvalue weighted by molar-refractivity contribution is 0.166. The van der Waals surface area contributed by atoms with E-state index in [-0.39, 0.29) is 0 Å². The monoisotopic (exact) mass is 318 g/mol. The molecule has 0 aliphatic carbocycles. The van der Waals surface area contributed by atoms with Gasteiger partial charge in [-0.1, -0.05) is 18.2 Å². The zero-order valence-electron chi connectivity index (χ0n) is 14.2. The van der Waals surface area contributed by atoms with Gasteiger partial charge in [0, 0.05) is 61.0 Å². The van der Waals surface area contributed by atoms with Crippen LogP contribution in [0.2, 0.25) is 0 Å². The minimum Gasteiger partial charge on any atom is -0.350 e. The molecular weight excluding hydrogens is 296 g/mol. The van der Waals surface area contributed by atoms with Crippen LogP contribution in [0.4, 0.5) is 0 Å². The molecule has 0 unspecified atom stereocenters. The van der Waals surface area contributed by atoms with Crippen LogP contribution in [0.3, 0.4) is 0 Å². The van der Waals surface area contributed by atoms with Crippen LogP contribution in [-0.4, -0.2) is 25.5 Å². The summed E-state index contributed by atoms with van der Waals surface area (Å²) in [5, 5.41) is 1.38. The topological polar surface area (TPSA) is 34.0 Å². The van der Waals surface area contributed by atoms with E-state index in [1.54, 1.807) is 0 Å². The number of benzene rings is 1. The Hall–Kier alpha value is -2.20. The van der Waals surface area contributed by atoms with Crippen molar-refractivity contribution < 1.29 is 0 Å². The van der Waals surface area contributed by atoms with Gasteiger partial charge in [-0.05, 0) is 31.4 Å². The summed E-state index contributed by atoms with van der Waals surface area (Å²) in [6.07, 6.45) is 7.94. The molecule has 1 aromatic carbocycles. The number of aromatic nitrogens is 3. The average molecular weight is 318 g/mol. The molecule has 0 N–H and O–H groups in total. The van der Waals surface area contributed by atoms with E-state index in [0.29, 0.717) is 12.1 Å². The molecule has 0 amide bonds. The molecule has 1 saturated heterocycles. The predicted octanol–water partition coefficient (Wildman–Crippen LogP) is 3.54. The van der Waals surface area contributed by atoms with Crippen molar-refractivity contribution in [3.63, 3.8) is 0 Å². The Labute approximate surface area is 142 Å². The van der Waals surface area contributed by atoms with Crippen LogP contribution >= 0.6 is 0 Å². The average Bonchev–Trinajstić information content (AvgIpc) is 3.04. The third kappa shape index (κ3) is 2.02. The second kappa shape index (κ2) is 5.15. The van der Waals surface area contributed by atoms with Gasteiger partial charge >= 0.3 is 0 Å². The largest absolute Gasteiger partial charge is 0.350 e. The maximum atomic E-state index is 4.71. The van der Waals surface area contributed by atoms with E-state index in [9.17, 15) is 0 Å². The molecule has 2 aromatic heterocycles. The van der Waals surface area contributed by atoms with E-state index >= 15 is 0 Å². The maximum Gasteiger partial charge on any atom is 0.125 e. The lowest BCUT2D eigenvalue weighted by Crippen LogP contribution is -2.37. The lowest BCUT2D eigenvalue weighted by atomic mass is 9.98. The van der Waals surface area contributed by atoms with Crippen LogP contribution in [-0.2, 0) is 20.0 Å². The first-order chi connectivity index (χ1) is 11.7. The van der Waals surface area contributed by atoms with Crippen molar-refractivity contribution in [2.75, 3.05) is 0 Å². The smallest absolute Gasteiger partial charge is 0.125 e. The summed E-state index contributed by atoms with van der Waals surface area (Å²) in [4.78, 5) is 11.9. The number of para-hydroxylation sites is 1. The Morgan fingerprint density at radius 1 is 1.21 bits per heavy atom. The second-order valence-electron chi connectivity index (χ2n) is 7.23. The molecule has 2 atom stereocenters. The molecule has 5 rings (SSSR count). The highest BCUT2D eigenvalue weighted by Crippen LogP contribution is 2.44. The van der Waals surface area contributed by atoms with Gasteiger partial charge in [-0.25, -0.2) is 9.97 Å². The van der Waals surface area contributed by atoms with E-state index in [2.05, 4.69) is 58.2 Å². The summed E-state index contributed by atoms with van der Waals surface area (Å²) in [6, 6.07) is 9.82. The lowest BCUT2D eigenvalue weighted by Gasteiger charge is -2.35. The van der Waals surface area contributed by atoms with Gasteiger partial charge in [-0.3, -0.25) is 4.90 Å². The Morgan fingerprint density at radius 3 is 3.00 bits per heavy atom. The number of hydrogen-bond donors (Lipinski definition) is 0. The zero-order valence-corrected chi connectivity index (χ0v) is 14.2. The molecule has 122 valence electrons. The minimum absolute atomic E-state index is 0.485. The van der Waals surface area contributed by atoms with Crippen molar-refractivity contribution >= 4 is 10.9 Å². The fourth-order valence-electron chi connectivity index (χ4n) is 4.67. The van der Waals surface area contributed by atoms with E-state index in [4.69, 9.17) is 4.98 Å². The number of fused-ring (bicyclic) bond motifs is 5. The molecule has 24 heavy (non-hydrogen) atoms. The first kappa shape index (κ1) is 14.2. The third-order valence-electron chi connectivity index (χ3n) is 5.78. The Balaban J connectivity index is 1.53. The summed E-state index contributed by atoms with van der Waals surface area (Å²) in [6.45, 7) is 3.01. The molecule has 3 aromatic rings. The van der Waals surface area contributed by atoms with Crippen molar-refractivity contribution in [3.05, 3.63) is 59.3 Å². The van der Waals surface area contributed by atoms with Gasteiger partial charge in [0.15, 0.2) is 0 Å². The van der Waals surface area contributed by atoms with Crippen LogP contribution in [0, 0.1) is 6.92 Å². The normalized spacial score (nSPS) is 22.9. The van der Waals surface area contributed by atoms with Gasteiger partial charge in [-0.15, -0.1) is 0 Å². The standard InChI is InChI=1S/C20H22N4/c1-13-21-10-17-18(22-13)9-15-7-8-20(17)24(15)12-14-11-23(2)19-6-4-3-5-16(14)19/h3-6,10-11,15,20H,7-9,12H2,1-2H3/t15-,20-/m0/s1. The SMILES string of the molecule is Cc1ncc2c(n1)C[C@@H]1CC[C@@H]2N1Cc1cn(C)c2ccccc12. The van der Waals surface area contributed by atoms with E-state index in [0.717, 1.165) is 18.8 Å². The van der Waals surface area contributed by atoms with Gasteiger partial charge in [0.25, 0.3) is 0 Å². The van der Waals surface area contributed by atoms with Crippen molar-refractivity contribution in [1.82, 2.24) is 19.4 Å². The third-order valence-corrected chi connectivity index (χ3v) is 5.78. The Kier molecular flexibility index (Phi) is 3.04. The molecule has 2 aliphatic heterocycles. The van der Waals surface area contributed by atoms with Crippen LogP contribution in [0.1, 0.15) is 41.5 Å². The van der Waals surface area contributed by atoms with Crippen molar-refractivity contribution in [3.8, 4) is 0 Å². The highest BCUT2D eigenvalue weighted by Gasteiger charge is 2.40. The Bertz CT molecular complexity index is 927. The van der Waals surface area contributed by atoms with Gasteiger partial charge in [0.05, 0.1) is 5.69 Å². The van der Waals surface area contributed by atoms with Crippen LogP contribution < -0.4 is 0 Å². The molecule has 0 spiro atoms. The first-order valence-corrected chi connectivity index (χ1v) is 8.82. The predicted molar refractivity (Wildman–Crippen MR) is 94.7 cm³/mol. The first-order valence-electron chi connectivity index (χ1n) is 8.82. The zero-order chi connectivity index (χ0) is 16.3. The van der Waals surface area contributed by atoms with Gasteiger partial charge < -0.3 is 4.57 Å². The molecule has 2 aliphatic rings. The van der Waals surface area contributed by atoms with Crippen LogP contribution in [0.5, 0.6) is 0 Å². The summed E-state index contributed by atoms with van der Waals surface area (Å²) in [7, 11) is 2.14. The molecule has 1 fully saturated rings. The van der Waals surface area contributed by atoms with Gasteiger partial charge in [-0.2, -0.15) is 0 Å². The summed E-state index contributed by atoms with van der Waals surface area (Å²) < 4.78 is 2.25. The molecule has 2 bridgehead atoms. The maximum absolute atomic E-state index is 4.71. The number of rotatable bonds is 2. The van der Waals surface area contributed by atoms with E-state index in [1.165, 1.54) is 40.6 Å². The van der Waals surface area contributed by atoms with Crippen molar-refractivity contribution in [2.24, 2.45) is 7.05 Å². The highest BCUT2D eigenvalue weighted by molar-refractivity contribution is 5.83. The quantitative estimate of drug-likeness (QED) is 0.725. The van der Waals surface area contributed by atoms with Gasteiger partial charge in [0.1, 0.15) is 5.82 Å². The summed E-state index contributed by atoms with van der Waals surface area (Å²) in [5.41, 5.74) is 5.39. The van der Waals surface area contributed by atoms with Crippen molar-refractivity contribution in [1.29, 1.82) is 0 Å². The fourth-order valence-corrected chi connectivity index (χ4v) is 4.67. The number of hydrogen-bond acceptors (Lipinski definition) is 3. The summed E-state index contributed by atoms with van der Waals surface area (Å²) >= 11 is 0. The molecule has 4 nitrogen and oxygen atoms in total. The molecule has 0 radical (unpaired) electrons. The minimum atomic E-state index is 0.485. The Morgan fingerprint density at radius 2 is 2.08 bits per heavy atom. The molecule has 4 heterocycles. The number of aryl methyl sites for hydroxylation is 2. The molecule has 0 saturated carbocycles. The molecule has 4 heteroatoms. The van der Waals surface area contributed by atoms with E-state index < -0.39 is 0 Å². The van der Waals surface area contributed by atoms with Crippen molar-refractivity contribution in [2.45, 2.75) is 44.8 Å². The second-order valence-corrected chi connectivity index (χ2v) is 7.23. The fraction of sp³-hybridized carbons (Fsp3) is 0.400. The number of nitrogens with zero attached hydrogens (tertiary/aromatic N) is 4. The van der Waals surface area contributed by atoms with Crippen LogP contribution in [0.25, 0.3) is 10.9 Å².